The predicted molar refractivity (Wildman–Crippen MR) is 78.2 cm³/mol. The second-order valence-electron chi connectivity index (χ2n) is 4.66. The van der Waals surface area contributed by atoms with E-state index in [4.69, 9.17) is 11.6 Å². The highest BCUT2D eigenvalue weighted by molar-refractivity contribution is 14.1. The quantitative estimate of drug-likeness (QED) is 0.491. The van der Waals surface area contributed by atoms with Crippen molar-refractivity contribution in [2.45, 2.75) is 56.7 Å². The third kappa shape index (κ3) is 5.67. The number of Topliss-reactive ketones (excluding diaryl/α,β-unsaturated/α-hetero) is 1. The molecule has 1 aliphatic rings. The number of carbonyl (C=O) groups is 1. The summed E-state index contributed by atoms with van der Waals surface area (Å²) in [7, 11) is 0. The van der Waals surface area contributed by atoms with Crippen LogP contribution < -0.4 is 0 Å². The molecule has 0 aromatic rings. The highest BCUT2D eigenvalue weighted by Crippen LogP contribution is 2.27. The van der Waals surface area contributed by atoms with Gasteiger partial charge in [0.25, 0.3) is 0 Å². The van der Waals surface area contributed by atoms with Gasteiger partial charge in [-0.2, -0.15) is 0 Å². The number of allylic oxidation sites excluding steroid dienone is 1. The van der Waals surface area contributed by atoms with E-state index >= 15 is 0 Å². The molecule has 0 radical (unpaired) electrons. The van der Waals surface area contributed by atoms with Crippen molar-refractivity contribution in [3.05, 3.63) is 10.2 Å². The van der Waals surface area contributed by atoms with E-state index in [9.17, 15) is 4.79 Å². The third-order valence-corrected chi connectivity index (χ3v) is 4.02. The Morgan fingerprint density at radius 3 is 2.56 bits per heavy atom. The van der Waals surface area contributed by atoms with Crippen LogP contribution in [0.5, 0.6) is 0 Å². The molecule has 3 heteroatoms. The zero-order valence-electron chi connectivity index (χ0n) is 9.68. The molecule has 1 nitrogen and oxygen atoms in total. The van der Waals surface area contributed by atoms with Crippen LogP contribution in [0.15, 0.2) is 10.2 Å². The van der Waals surface area contributed by atoms with Gasteiger partial charge < -0.3 is 0 Å². The smallest absolute Gasteiger partial charge is 0.136 e. The predicted octanol–water partition coefficient (Wildman–Crippen LogP) is 4.86. The second-order valence-corrected chi connectivity index (χ2v) is 6.80. The maximum Gasteiger partial charge on any atom is 0.136 e. The zero-order chi connectivity index (χ0) is 12.0. The Balaban J connectivity index is 2.20. The van der Waals surface area contributed by atoms with Gasteiger partial charge in [-0.3, -0.25) is 4.79 Å². The molecule has 1 fully saturated rings. The molecule has 1 aliphatic carbocycles. The van der Waals surface area contributed by atoms with Crippen molar-refractivity contribution in [2.75, 3.05) is 0 Å². The monoisotopic (exact) mass is 354 g/mol. The molecular weight excluding hydrogens is 334 g/mol. The first-order valence-corrected chi connectivity index (χ1v) is 7.61. The highest BCUT2D eigenvalue weighted by Gasteiger charge is 2.21. The molecule has 1 atom stereocenters. The highest BCUT2D eigenvalue weighted by atomic mass is 127. The fourth-order valence-electron chi connectivity index (χ4n) is 2.27. The lowest BCUT2D eigenvalue weighted by atomic mass is 9.84. The molecule has 1 unspecified atom stereocenters. The van der Waals surface area contributed by atoms with Crippen molar-refractivity contribution < 1.29 is 4.79 Å². The summed E-state index contributed by atoms with van der Waals surface area (Å²) in [6, 6.07) is 0. The number of hydrogen-bond acceptors (Lipinski definition) is 1. The summed E-state index contributed by atoms with van der Waals surface area (Å²) in [5, 5.41) is 0.0805. The summed E-state index contributed by atoms with van der Waals surface area (Å²) in [5.41, 5.74) is 0. The maximum absolute atomic E-state index is 11.9. The summed E-state index contributed by atoms with van der Waals surface area (Å²) in [6.45, 7) is 3.83. The van der Waals surface area contributed by atoms with Crippen LogP contribution in [0, 0.1) is 5.92 Å². The third-order valence-electron chi connectivity index (χ3n) is 3.21. The van der Waals surface area contributed by atoms with Crippen LogP contribution in [0.4, 0.5) is 0 Å². The molecule has 0 bridgehead atoms. The minimum atomic E-state index is 0.0805. The molecule has 0 N–H and O–H groups in total. The van der Waals surface area contributed by atoms with E-state index < -0.39 is 0 Å². The Morgan fingerprint density at radius 2 is 2.00 bits per heavy atom. The number of halogens is 2. The van der Waals surface area contributed by atoms with Crippen LogP contribution in [0.25, 0.3) is 0 Å². The lowest BCUT2D eigenvalue weighted by molar-refractivity contribution is -0.123. The topological polar surface area (TPSA) is 17.1 Å². The van der Waals surface area contributed by atoms with Gasteiger partial charge in [-0.1, -0.05) is 25.8 Å². The van der Waals surface area contributed by atoms with Gasteiger partial charge in [0.15, 0.2) is 0 Å². The fraction of sp³-hybridized carbons (Fsp3) is 0.769. The summed E-state index contributed by atoms with van der Waals surface area (Å²) < 4.78 is 1.07. The van der Waals surface area contributed by atoms with Crippen molar-refractivity contribution in [3.63, 3.8) is 0 Å². The van der Waals surface area contributed by atoms with Crippen LogP contribution in [0.3, 0.4) is 0 Å². The van der Waals surface area contributed by atoms with Crippen LogP contribution in [0.1, 0.15) is 51.4 Å². The Kier molecular flexibility index (Phi) is 6.97. The summed E-state index contributed by atoms with van der Waals surface area (Å²) in [6.07, 6.45) is 8.24. The summed E-state index contributed by atoms with van der Waals surface area (Å²) in [5.74, 6) is 0.768. The Morgan fingerprint density at radius 1 is 1.38 bits per heavy atom. The molecule has 0 aliphatic heterocycles. The van der Waals surface area contributed by atoms with Crippen molar-refractivity contribution >= 4 is 40.0 Å². The molecule has 1 saturated carbocycles. The number of rotatable bonds is 6. The first-order valence-electron chi connectivity index (χ1n) is 6.09. The molecule has 16 heavy (non-hydrogen) atoms. The van der Waals surface area contributed by atoms with Crippen molar-refractivity contribution in [2.24, 2.45) is 5.92 Å². The zero-order valence-corrected chi connectivity index (χ0v) is 12.6. The van der Waals surface area contributed by atoms with E-state index in [1.54, 1.807) is 0 Å². The average molecular weight is 355 g/mol. The van der Waals surface area contributed by atoms with E-state index in [0.29, 0.717) is 18.1 Å². The Hall–Kier alpha value is 0.430. The van der Waals surface area contributed by atoms with Gasteiger partial charge in [-0.15, -0.1) is 11.6 Å². The fourth-order valence-corrected chi connectivity index (χ4v) is 3.36. The van der Waals surface area contributed by atoms with Crippen molar-refractivity contribution in [1.29, 1.82) is 0 Å². The molecule has 0 heterocycles. The lowest BCUT2D eigenvalue weighted by Crippen LogP contribution is -2.18. The van der Waals surface area contributed by atoms with Gasteiger partial charge in [-0.05, 0) is 51.9 Å². The van der Waals surface area contributed by atoms with Crippen LogP contribution in [0.2, 0.25) is 0 Å². The van der Waals surface area contributed by atoms with Gasteiger partial charge in [0.2, 0.25) is 0 Å². The van der Waals surface area contributed by atoms with Gasteiger partial charge in [-0.25, -0.2) is 0 Å². The number of hydrogen-bond donors (Lipinski definition) is 0. The molecule has 92 valence electrons. The molecular formula is C13H20ClIO. The molecule has 0 aromatic heterocycles. The largest absolute Gasteiger partial charge is 0.299 e. The molecule has 0 aromatic carbocycles. The van der Waals surface area contributed by atoms with E-state index in [2.05, 4.69) is 29.2 Å². The molecule has 0 saturated heterocycles. The SMILES string of the molecule is C=C(I)CC(Cl)CCC(=O)C1CCCCC1. The Bertz CT molecular complexity index is 246. The number of carbonyl (C=O) groups excluding carboxylic acids is 1. The first kappa shape index (κ1) is 14.5. The van der Waals surface area contributed by atoms with Gasteiger partial charge in [0.05, 0.1) is 0 Å². The van der Waals surface area contributed by atoms with Crippen molar-refractivity contribution in [1.82, 2.24) is 0 Å². The normalized spacial score (nSPS) is 19.4. The van der Waals surface area contributed by atoms with E-state index in [-0.39, 0.29) is 5.38 Å². The van der Waals surface area contributed by atoms with Crippen LogP contribution >= 0.6 is 34.2 Å². The standard InChI is InChI=1S/C13H20ClIO/c1-10(15)9-12(14)7-8-13(16)11-5-3-2-4-6-11/h11-12H,1-9H2. The average Bonchev–Trinajstić information content (AvgIpc) is 2.26. The van der Waals surface area contributed by atoms with Crippen LogP contribution in [-0.4, -0.2) is 11.2 Å². The minimum absolute atomic E-state index is 0.0805. The second kappa shape index (κ2) is 7.70. The maximum atomic E-state index is 11.9. The van der Waals surface area contributed by atoms with Gasteiger partial charge >= 0.3 is 0 Å². The van der Waals surface area contributed by atoms with E-state index in [0.717, 1.165) is 29.3 Å². The number of ketones is 1. The van der Waals surface area contributed by atoms with Crippen molar-refractivity contribution in [3.8, 4) is 0 Å². The number of alkyl halides is 1. The van der Waals surface area contributed by atoms with Gasteiger partial charge in [0.1, 0.15) is 5.78 Å². The Labute approximate surface area is 117 Å². The van der Waals surface area contributed by atoms with Crippen LogP contribution in [-0.2, 0) is 4.79 Å². The van der Waals surface area contributed by atoms with E-state index in [1.165, 1.54) is 19.3 Å². The summed E-state index contributed by atoms with van der Waals surface area (Å²) >= 11 is 8.34. The van der Waals surface area contributed by atoms with Gasteiger partial charge in [0, 0.05) is 17.7 Å². The lowest BCUT2D eigenvalue weighted by Gasteiger charge is -2.20. The first-order chi connectivity index (χ1) is 7.59. The molecule has 0 amide bonds. The van der Waals surface area contributed by atoms with E-state index in [1.807, 2.05) is 0 Å². The molecule has 0 spiro atoms. The minimum Gasteiger partial charge on any atom is -0.299 e. The summed E-state index contributed by atoms with van der Waals surface area (Å²) in [4.78, 5) is 11.9. The molecule has 1 rings (SSSR count).